The quantitative estimate of drug-likeness (QED) is 0.925. The van der Waals surface area contributed by atoms with Gasteiger partial charge in [-0.1, -0.05) is 19.8 Å². The molecular weight excluding hydrogens is 257 g/mol. The van der Waals surface area contributed by atoms with Gasteiger partial charge in [-0.05, 0) is 24.8 Å². The van der Waals surface area contributed by atoms with Crippen molar-refractivity contribution in [1.82, 2.24) is 9.88 Å². The minimum Gasteiger partial charge on any atom is -0.372 e. The summed E-state index contributed by atoms with van der Waals surface area (Å²) in [7, 11) is 3.49. The molecule has 1 N–H and O–H groups in total. The van der Waals surface area contributed by atoms with Crippen LogP contribution in [0.25, 0.3) is 0 Å². The highest BCUT2D eigenvalue weighted by atomic mass is 19.1. The second kappa shape index (κ2) is 6.20. The number of nitrogens with zero attached hydrogens (tertiary/aromatic N) is 2. The van der Waals surface area contributed by atoms with Crippen molar-refractivity contribution in [2.24, 2.45) is 5.92 Å². The molecule has 1 saturated carbocycles. The summed E-state index contributed by atoms with van der Waals surface area (Å²) in [6, 6.07) is 1.48. The first-order chi connectivity index (χ1) is 9.54. The van der Waals surface area contributed by atoms with Crippen LogP contribution in [0, 0.1) is 11.7 Å². The molecule has 4 nitrogen and oxygen atoms in total. The maximum atomic E-state index is 13.4. The van der Waals surface area contributed by atoms with E-state index in [0.29, 0.717) is 17.3 Å². The number of carbonyl (C=O) groups is 1. The number of amides is 1. The lowest BCUT2D eigenvalue weighted by Crippen LogP contribution is -2.42. The fourth-order valence-corrected chi connectivity index (χ4v) is 3.01. The van der Waals surface area contributed by atoms with Gasteiger partial charge in [0.15, 0.2) is 0 Å². The van der Waals surface area contributed by atoms with Gasteiger partial charge in [-0.15, -0.1) is 0 Å². The highest BCUT2D eigenvalue weighted by Gasteiger charge is 2.29. The first kappa shape index (κ1) is 14.8. The van der Waals surface area contributed by atoms with Crippen LogP contribution in [0.5, 0.6) is 0 Å². The number of halogens is 1. The van der Waals surface area contributed by atoms with Gasteiger partial charge in [-0.2, -0.15) is 0 Å². The summed E-state index contributed by atoms with van der Waals surface area (Å²) in [5.74, 6) is 0.251. The largest absolute Gasteiger partial charge is 0.372 e. The van der Waals surface area contributed by atoms with Crippen molar-refractivity contribution in [3.8, 4) is 0 Å². The molecule has 0 aromatic carbocycles. The van der Waals surface area contributed by atoms with Crippen LogP contribution in [0.1, 0.15) is 43.0 Å². The highest BCUT2D eigenvalue weighted by Crippen LogP contribution is 2.29. The molecule has 0 radical (unpaired) electrons. The third-order valence-corrected chi connectivity index (χ3v) is 4.21. The minimum absolute atomic E-state index is 0.167. The van der Waals surface area contributed by atoms with E-state index in [4.69, 9.17) is 0 Å². The Hall–Kier alpha value is -1.65. The topological polar surface area (TPSA) is 45.2 Å². The van der Waals surface area contributed by atoms with Crippen molar-refractivity contribution in [3.63, 3.8) is 0 Å². The first-order valence-corrected chi connectivity index (χ1v) is 7.15. The van der Waals surface area contributed by atoms with Crippen LogP contribution < -0.4 is 5.32 Å². The summed E-state index contributed by atoms with van der Waals surface area (Å²) in [6.45, 7) is 2.18. The molecule has 1 aromatic rings. The maximum Gasteiger partial charge on any atom is 0.257 e. The average Bonchev–Trinajstić information content (AvgIpc) is 2.46. The number of anilines is 1. The SMILES string of the molecule is CNc1ncc(F)cc1C(=O)N(C)C1CCCCC1C. The predicted molar refractivity (Wildman–Crippen MR) is 77.3 cm³/mol. The molecule has 20 heavy (non-hydrogen) atoms. The summed E-state index contributed by atoms with van der Waals surface area (Å²) >= 11 is 0. The minimum atomic E-state index is -0.488. The van der Waals surface area contributed by atoms with Crippen LogP contribution >= 0.6 is 0 Å². The molecule has 110 valence electrons. The second-order valence-corrected chi connectivity index (χ2v) is 5.54. The Morgan fingerprint density at radius 2 is 2.15 bits per heavy atom. The van der Waals surface area contributed by atoms with Crippen LogP contribution in [0.3, 0.4) is 0 Å². The fraction of sp³-hybridized carbons (Fsp3) is 0.600. The summed E-state index contributed by atoms with van der Waals surface area (Å²) in [4.78, 5) is 18.3. The predicted octanol–water partition coefficient (Wildman–Crippen LogP) is 2.91. The molecule has 1 aromatic heterocycles. The highest BCUT2D eigenvalue weighted by molar-refractivity contribution is 5.98. The van der Waals surface area contributed by atoms with Gasteiger partial charge in [-0.3, -0.25) is 4.79 Å². The second-order valence-electron chi connectivity index (χ2n) is 5.54. The Kier molecular flexibility index (Phi) is 4.57. The molecule has 2 unspecified atom stereocenters. The summed E-state index contributed by atoms with van der Waals surface area (Å²) in [5.41, 5.74) is 0.299. The van der Waals surface area contributed by atoms with Gasteiger partial charge in [0.05, 0.1) is 11.8 Å². The van der Waals surface area contributed by atoms with Crippen LogP contribution in [-0.2, 0) is 0 Å². The van der Waals surface area contributed by atoms with Gasteiger partial charge in [0, 0.05) is 20.1 Å². The van der Waals surface area contributed by atoms with E-state index in [1.807, 2.05) is 0 Å². The Morgan fingerprint density at radius 3 is 2.80 bits per heavy atom. The molecule has 1 heterocycles. The Morgan fingerprint density at radius 1 is 1.45 bits per heavy atom. The summed E-state index contributed by atoms with van der Waals surface area (Å²) < 4.78 is 13.4. The number of hydrogen-bond acceptors (Lipinski definition) is 3. The first-order valence-electron chi connectivity index (χ1n) is 7.15. The van der Waals surface area contributed by atoms with Crippen molar-refractivity contribution in [2.75, 3.05) is 19.4 Å². The molecule has 2 atom stereocenters. The Bertz CT molecular complexity index is 492. The van der Waals surface area contributed by atoms with Gasteiger partial charge in [0.2, 0.25) is 0 Å². The average molecular weight is 279 g/mol. The van der Waals surface area contributed by atoms with Crippen LogP contribution in [0.2, 0.25) is 0 Å². The van der Waals surface area contributed by atoms with E-state index in [1.54, 1.807) is 19.0 Å². The maximum absolute atomic E-state index is 13.4. The lowest BCUT2D eigenvalue weighted by Gasteiger charge is -2.36. The van der Waals surface area contributed by atoms with Crippen molar-refractivity contribution in [2.45, 2.75) is 38.6 Å². The molecule has 0 bridgehead atoms. The monoisotopic (exact) mass is 279 g/mol. The molecule has 1 aliphatic rings. The molecular formula is C15H22FN3O. The van der Waals surface area contributed by atoms with Crippen LogP contribution in [0.4, 0.5) is 10.2 Å². The molecule has 1 aliphatic carbocycles. The Balaban J connectivity index is 2.23. The standard InChI is InChI=1S/C15H22FN3O/c1-10-6-4-5-7-13(10)19(3)15(20)12-8-11(16)9-18-14(12)17-2/h8-10,13H,4-7H2,1-3H3,(H,17,18). The van der Waals surface area contributed by atoms with E-state index in [9.17, 15) is 9.18 Å². The van der Waals surface area contributed by atoms with Crippen LogP contribution in [0.15, 0.2) is 12.3 Å². The smallest absolute Gasteiger partial charge is 0.257 e. The zero-order valence-electron chi connectivity index (χ0n) is 12.3. The van der Waals surface area contributed by atoms with E-state index >= 15 is 0 Å². The zero-order chi connectivity index (χ0) is 14.7. The normalized spacial score (nSPS) is 22.4. The van der Waals surface area contributed by atoms with Crippen molar-refractivity contribution < 1.29 is 9.18 Å². The lowest BCUT2D eigenvalue weighted by molar-refractivity contribution is 0.0629. The van der Waals surface area contributed by atoms with E-state index in [2.05, 4.69) is 17.2 Å². The fourth-order valence-electron chi connectivity index (χ4n) is 3.01. The number of carbonyl (C=O) groups excluding carboxylic acids is 1. The van der Waals surface area contributed by atoms with Crippen molar-refractivity contribution in [1.29, 1.82) is 0 Å². The zero-order valence-corrected chi connectivity index (χ0v) is 12.3. The number of pyridine rings is 1. The van der Waals surface area contributed by atoms with Gasteiger partial charge in [0.1, 0.15) is 11.6 Å². The number of rotatable bonds is 3. The summed E-state index contributed by atoms with van der Waals surface area (Å²) in [5, 5.41) is 2.85. The van der Waals surface area contributed by atoms with Crippen LogP contribution in [-0.4, -0.2) is 35.9 Å². The Labute approximate surface area is 119 Å². The molecule has 0 saturated heterocycles. The van der Waals surface area contributed by atoms with Crippen molar-refractivity contribution in [3.05, 3.63) is 23.6 Å². The molecule has 1 amide bonds. The number of hydrogen-bond donors (Lipinski definition) is 1. The third kappa shape index (κ3) is 2.92. The summed E-state index contributed by atoms with van der Waals surface area (Å²) in [6.07, 6.45) is 5.64. The third-order valence-electron chi connectivity index (χ3n) is 4.21. The molecule has 0 spiro atoms. The molecule has 1 fully saturated rings. The lowest BCUT2D eigenvalue weighted by atomic mass is 9.85. The van der Waals surface area contributed by atoms with E-state index < -0.39 is 5.82 Å². The molecule has 2 rings (SSSR count). The van der Waals surface area contributed by atoms with E-state index in [-0.39, 0.29) is 11.9 Å². The number of nitrogens with one attached hydrogen (secondary N) is 1. The molecule has 0 aliphatic heterocycles. The van der Waals surface area contributed by atoms with Gasteiger partial charge in [0.25, 0.3) is 5.91 Å². The van der Waals surface area contributed by atoms with Gasteiger partial charge in [-0.25, -0.2) is 9.37 Å². The number of aromatic nitrogens is 1. The van der Waals surface area contributed by atoms with Gasteiger partial charge < -0.3 is 10.2 Å². The molecule has 5 heteroatoms. The van der Waals surface area contributed by atoms with Crippen molar-refractivity contribution >= 4 is 11.7 Å². The van der Waals surface area contributed by atoms with E-state index in [1.165, 1.54) is 12.5 Å². The van der Waals surface area contributed by atoms with E-state index in [0.717, 1.165) is 25.5 Å². The van der Waals surface area contributed by atoms with Gasteiger partial charge >= 0.3 is 0 Å².